The lowest BCUT2D eigenvalue weighted by Gasteiger charge is -2.11. The van der Waals surface area contributed by atoms with Gasteiger partial charge < -0.3 is 9.73 Å². The molecule has 0 amide bonds. The van der Waals surface area contributed by atoms with E-state index in [2.05, 4.69) is 57.3 Å². The second-order valence-corrected chi connectivity index (χ2v) is 5.49. The molecule has 0 saturated carbocycles. The number of hydrogen-bond donors (Lipinski definition) is 1. The van der Waals surface area contributed by atoms with E-state index in [1.807, 2.05) is 0 Å². The molecule has 2 heteroatoms. The number of furan rings is 1. The van der Waals surface area contributed by atoms with Crippen molar-refractivity contribution in [1.82, 2.24) is 5.32 Å². The maximum atomic E-state index is 5.91. The van der Waals surface area contributed by atoms with Crippen LogP contribution in [0.1, 0.15) is 44.4 Å². The third-order valence-corrected chi connectivity index (χ3v) is 3.31. The van der Waals surface area contributed by atoms with Crippen LogP contribution in [0.25, 0.3) is 11.0 Å². The minimum absolute atomic E-state index is 0.462. The molecule has 0 saturated heterocycles. The summed E-state index contributed by atoms with van der Waals surface area (Å²) >= 11 is 0. The van der Waals surface area contributed by atoms with E-state index in [9.17, 15) is 0 Å². The Bertz CT molecular complexity index is 513. The third kappa shape index (κ3) is 3.14. The molecule has 0 aliphatic rings. The summed E-state index contributed by atoms with van der Waals surface area (Å²) in [6.45, 7) is 9.73. The molecule has 2 aromatic rings. The minimum Gasteiger partial charge on any atom is -0.461 e. The minimum atomic E-state index is 0.462. The molecular formula is C16H23NO. The average Bonchev–Trinajstić information content (AvgIpc) is 2.71. The lowest BCUT2D eigenvalue weighted by atomic mass is 10.0. The second kappa shape index (κ2) is 5.57. The van der Waals surface area contributed by atoms with E-state index in [4.69, 9.17) is 4.42 Å². The van der Waals surface area contributed by atoms with Crippen molar-refractivity contribution in [2.45, 2.75) is 46.1 Å². The molecule has 0 aliphatic carbocycles. The Morgan fingerprint density at radius 1 is 1.17 bits per heavy atom. The maximum absolute atomic E-state index is 5.91. The summed E-state index contributed by atoms with van der Waals surface area (Å²) in [6, 6.07) is 9.08. The molecule has 2 nitrogen and oxygen atoms in total. The summed E-state index contributed by atoms with van der Waals surface area (Å²) in [7, 11) is 0. The summed E-state index contributed by atoms with van der Waals surface area (Å²) in [4.78, 5) is 0. The van der Waals surface area contributed by atoms with Gasteiger partial charge in [0.2, 0.25) is 0 Å². The zero-order chi connectivity index (χ0) is 13.1. The van der Waals surface area contributed by atoms with Crippen molar-refractivity contribution in [1.29, 1.82) is 0 Å². The van der Waals surface area contributed by atoms with Gasteiger partial charge in [-0.3, -0.25) is 0 Å². The van der Waals surface area contributed by atoms with E-state index >= 15 is 0 Å². The van der Waals surface area contributed by atoms with Gasteiger partial charge in [-0.1, -0.05) is 32.4 Å². The Balaban J connectivity index is 2.06. The molecule has 1 atom stereocenters. The molecule has 0 bridgehead atoms. The van der Waals surface area contributed by atoms with Gasteiger partial charge in [-0.05, 0) is 38.1 Å². The van der Waals surface area contributed by atoms with Crippen LogP contribution in [0, 0.1) is 6.92 Å². The normalized spacial score (nSPS) is 13.4. The number of nitrogens with one attached hydrogen (secondary N) is 1. The van der Waals surface area contributed by atoms with Crippen LogP contribution < -0.4 is 5.32 Å². The molecular weight excluding hydrogens is 222 g/mol. The highest BCUT2D eigenvalue weighted by molar-refractivity contribution is 5.78. The maximum Gasteiger partial charge on any atom is 0.134 e. The van der Waals surface area contributed by atoms with E-state index in [1.54, 1.807) is 0 Å². The number of benzene rings is 1. The smallest absolute Gasteiger partial charge is 0.134 e. The van der Waals surface area contributed by atoms with Crippen LogP contribution in [0.5, 0.6) is 0 Å². The van der Waals surface area contributed by atoms with Gasteiger partial charge in [0.1, 0.15) is 11.3 Å². The van der Waals surface area contributed by atoms with Crippen molar-refractivity contribution in [3.63, 3.8) is 0 Å². The molecule has 0 fully saturated rings. The molecule has 18 heavy (non-hydrogen) atoms. The SMILES string of the molecule is Cc1ccc2oc(C(C)CCNC(C)C)cc2c1. The first-order chi connectivity index (χ1) is 8.56. The van der Waals surface area contributed by atoms with Gasteiger partial charge in [0.05, 0.1) is 0 Å². The molecule has 1 aromatic carbocycles. The first kappa shape index (κ1) is 13.2. The highest BCUT2D eigenvalue weighted by Gasteiger charge is 2.11. The molecule has 1 heterocycles. The lowest BCUT2D eigenvalue weighted by Crippen LogP contribution is -2.24. The Hall–Kier alpha value is -1.28. The number of rotatable bonds is 5. The van der Waals surface area contributed by atoms with Crippen molar-refractivity contribution in [3.05, 3.63) is 35.6 Å². The van der Waals surface area contributed by atoms with Gasteiger partial charge in [0, 0.05) is 17.3 Å². The summed E-state index contributed by atoms with van der Waals surface area (Å²) < 4.78 is 5.91. The van der Waals surface area contributed by atoms with E-state index in [0.29, 0.717) is 12.0 Å². The fourth-order valence-corrected chi connectivity index (χ4v) is 2.16. The van der Waals surface area contributed by atoms with Gasteiger partial charge in [-0.15, -0.1) is 0 Å². The van der Waals surface area contributed by atoms with Gasteiger partial charge in [-0.2, -0.15) is 0 Å². The van der Waals surface area contributed by atoms with E-state index < -0.39 is 0 Å². The molecule has 0 aliphatic heterocycles. The van der Waals surface area contributed by atoms with Crippen LogP contribution in [0.2, 0.25) is 0 Å². The monoisotopic (exact) mass is 245 g/mol. The fourth-order valence-electron chi connectivity index (χ4n) is 2.16. The van der Waals surface area contributed by atoms with Crippen molar-refractivity contribution in [3.8, 4) is 0 Å². The Morgan fingerprint density at radius 2 is 1.94 bits per heavy atom. The average molecular weight is 245 g/mol. The zero-order valence-corrected chi connectivity index (χ0v) is 11.8. The predicted molar refractivity (Wildman–Crippen MR) is 77.1 cm³/mol. The van der Waals surface area contributed by atoms with Gasteiger partial charge >= 0.3 is 0 Å². The second-order valence-electron chi connectivity index (χ2n) is 5.49. The first-order valence-corrected chi connectivity index (χ1v) is 6.79. The van der Waals surface area contributed by atoms with Crippen molar-refractivity contribution < 1.29 is 4.42 Å². The van der Waals surface area contributed by atoms with Crippen molar-refractivity contribution in [2.75, 3.05) is 6.54 Å². The van der Waals surface area contributed by atoms with Crippen molar-refractivity contribution in [2.24, 2.45) is 0 Å². The largest absolute Gasteiger partial charge is 0.461 e. The lowest BCUT2D eigenvalue weighted by molar-refractivity contribution is 0.467. The molecule has 1 unspecified atom stereocenters. The van der Waals surface area contributed by atoms with E-state index in [0.717, 1.165) is 24.3 Å². The highest BCUT2D eigenvalue weighted by atomic mass is 16.3. The van der Waals surface area contributed by atoms with Gasteiger partial charge in [-0.25, -0.2) is 0 Å². The predicted octanol–water partition coefficient (Wildman–Crippen LogP) is 4.23. The summed E-state index contributed by atoms with van der Waals surface area (Å²) in [6.07, 6.45) is 1.11. The fraction of sp³-hybridized carbons (Fsp3) is 0.500. The highest BCUT2D eigenvalue weighted by Crippen LogP contribution is 2.27. The van der Waals surface area contributed by atoms with E-state index in [1.165, 1.54) is 10.9 Å². The third-order valence-electron chi connectivity index (χ3n) is 3.31. The zero-order valence-electron chi connectivity index (χ0n) is 11.8. The standard InChI is InChI=1S/C16H23NO/c1-11(2)17-8-7-13(4)16-10-14-9-12(3)5-6-15(14)18-16/h5-6,9-11,13,17H,7-8H2,1-4H3. The molecule has 98 valence electrons. The summed E-state index contributed by atoms with van der Waals surface area (Å²) in [5.41, 5.74) is 2.28. The van der Waals surface area contributed by atoms with Crippen LogP contribution in [0.3, 0.4) is 0 Å². The molecule has 0 radical (unpaired) electrons. The van der Waals surface area contributed by atoms with E-state index in [-0.39, 0.29) is 0 Å². The van der Waals surface area contributed by atoms with Gasteiger partial charge in [0.15, 0.2) is 0 Å². The number of hydrogen-bond acceptors (Lipinski definition) is 2. The summed E-state index contributed by atoms with van der Waals surface area (Å²) in [5, 5.41) is 4.66. The van der Waals surface area contributed by atoms with Crippen LogP contribution in [-0.2, 0) is 0 Å². The Kier molecular flexibility index (Phi) is 4.07. The van der Waals surface area contributed by atoms with Gasteiger partial charge in [0.25, 0.3) is 0 Å². The van der Waals surface area contributed by atoms with Crippen LogP contribution in [0.4, 0.5) is 0 Å². The molecule has 1 N–H and O–H groups in total. The number of fused-ring (bicyclic) bond motifs is 1. The Labute approximate surface area is 109 Å². The van der Waals surface area contributed by atoms with Crippen LogP contribution >= 0.6 is 0 Å². The van der Waals surface area contributed by atoms with Crippen LogP contribution in [0.15, 0.2) is 28.7 Å². The summed E-state index contributed by atoms with van der Waals surface area (Å²) in [5.74, 6) is 1.56. The quantitative estimate of drug-likeness (QED) is 0.852. The topological polar surface area (TPSA) is 25.2 Å². The van der Waals surface area contributed by atoms with Crippen molar-refractivity contribution >= 4 is 11.0 Å². The molecule has 0 spiro atoms. The van der Waals surface area contributed by atoms with Crippen LogP contribution in [-0.4, -0.2) is 12.6 Å². The Morgan fingerprint density at radius 3 is 2.67 bits per heavy atom. The number of aryl methyl sites for hydroxylation is 1. The molecule has 2 rings (SSSR count). The molecule has 1 aromatic heterocycles. The first-order valence-electron chi connectivity index (χ1n) is 6.79.